The second-order valence-corrected chi connectivity index (χ2v) is 6.36. The summed E-state index contributed by atoms with van der Waals surface area (Å²) in [5, 5.41) is -0.312. The van der Waals surface area contributed by atoms with E-state index in [-0.39, 0.29) is 5.16 Å². The first kappa shape index (κ1) is 7.30. The van der Waals surface area contributed by atoms with Crippen LogP contribution < -0.4 is 0 Å². The lowest BCUT2D eigenvalue weighted by atomic mass is 9.98. The minimum Gasteiger partial charge on any atom is -0.344 e. The van der Waals surface area contributed by atoms with Crippen molar-refractivity contribution in [2.75, 3.05) is 6.16 Å². The topological polar surface area (TPSA) is 37.3 Å². The van der Waals surface area contributed by atoms with E-state index < -0.39 is 7.37 Å². The third kappa shape index (κ3) is 0.770. The molecule has 1 rings (SSSR count). The molecule has 2 atom stereocenters. The van der Waals surface area contributed by atoms with E-state index in [4.69, 9.17) is 4.89 Å². The van der Waals surface area contributed by atoms with Crippen LogP contribution in [-0.4, -0.2) is 16.2 Å². The van der Waals surface area contributed by atoms with Gasteiger partial charge in [-0.2, -0.15) is 0 Å². The molecule has 0 spiro atoms. The predicted molar refractivity (Wildman–Crippen MR) is 37.9 cm³/mol. The highest BCUT2D eigenvalue weighted by Crippen LogP contribution is 2.68. The quantitative estimate of drug-likeness (QED) is 0.531. The van der Waals surface area contributed by atoms with Gasteiger partial charge in [0.2, 0.25) is 7.37 Å². The van der Waals surface area contributed by atoms with E-state index >= 15 is 0 Å². The van der Waals surface area contributed by atoms with E-state index in [9.17, 15) is 4.57 Å². The fourth-order valence-corrected chi connectivity index (χ4v) is 3.19. The molecule has 54 valence electrons. The van der Waals surface area contributed by atoms with Crippen LogP contribution in [0.25, 0.3) is 0 Å². The van der Waals surface area contributed by atoms with Crippen molar-refractivity contribution in [2.45, 2.75) is 25.9 Å². The summed E-state index contributed by atoms with van der Waals surface area (Å²) in [6.07, 6.45) is 0.514. The Kier molecular flexibility index (Phi) is 1.31. The van der Waals surface area contributed by atoms with Crippen molar-refractivity contribution >= 4 is 7.37 Å². The van der Waals surface area contributed by atoms with E-state index in [1.165, 1.54) is 0 Å². The van der Waals surface area contributed by atoms with Gasteiger partial charge in [-0.1, -0.05) is 20.8 Å². The highest BCUT2D eigenvalue weighted by Gasteiger charge is 2.54. The molecule has 0 saturated carbocycles. The maximum atomic E-state index is 11.1. The van der Waals surface area contributed by atoms with Gasteiger partial charge in [0.25, 0.3) is 0 Å². The zero-order valence-electron chi connectivity index (χ0n) is 6.09. The van der Waals surface area contributed by atoms with Crippen molar-refractivity contribution in [2.24, 2.45) is 5.92 Å². The molecule has 0 aromatic rings. The van der Waals surface area contributed by atoms with Crippen LogP contribution in [0.1, 0.15) is 20.8 Å². The highest BCUT2D eigenvalue weighted by atomic mass is 31.2. The first-order valence-corrected chi connectivity index (χ1v) is 5.04. The second kappa shape index (κ2) is 1.62. The molecule has 9 heavy (non-hydrogen) atoms. The molecule has 1 aliphatic rings. The molecular weight excluding hydrogens is 135 g/mol. The van der Waals surface area contributed by atoms with E-state index in [1.54, 1.807) is 0 Å². The standard InChI is InChI=1S/C6H13O2P/c1-5-4-9(7,8)6(5,2)3/h5H,4H2,1-3H3,(H,7,8)/t5-/m0/s1. The van der Waals surface area contributed by atoms with Crippen LogP contribution in [0.5, 0.6) is 0 Å². The summed E-state index contributed by atoms with van der Waals surface area (Å²) in [6, 6.07) is 0. The molecule has 1 unspecified atom stereocenters. The molecule has 0 radical (unpaired) electrons. The van der Waals surface area contributed by atoms with Gasteiger partial charge in [-0.05, 0) is 5.92 Å². The predicted octanol–water partition coefficient (Wildman–Crippen LogP) is 1.69. The molecule has 1 fully saturated rings. The number of rotatable bonds is 0. The molecular formula is C6H13O2P. The van der Waals surface area contributed by atoms with Gasteiger partial charge < -0.3 is 4.89 Å². The SMILES string of the molecule is C[C@H]1CP(=O)(O)C1(C)C. The molecule has 1 aliphatic heterocycles. The largest absolute Gasteiger partial charge is 0.344 e. The van der Waals surface area contributed by atoms with Gasteiger partial charge in [0.1, 0.15) is 0 Å². The van der Waals surface area contributed by atoms with E-state index in [0.717, 1.165) is 0 Å². The fourth-order valence-electron chi connectivity index (χ4n) is 1.06. The Bertz CT molecular complexity index is 174. The Balaban J connectivity index is 2.83. The monoisotopic (exact) mass is 148 g/mol. The molecule has 0 bridgehead atoms. The van der Waals surface area contributed by atoms with E-state index in [0.29, 0.717) is 12.1 Å². The van der Waals surface area contributed by atoms with Crippen molar-refractivity contribution in [3.8, 4) is 0 Å². The Morgan fingerprint density at radius 2 is 2.11 bits per heavy atom. The lowest BCUT2D eigenvalue weighted by molar-refractivity contribution is 0.328. The van der Waals surface area contributed by atoms with Crippen LogP contribution in [0.15, 0.2) is 0 Å². The maximum Gasteiger partial charge on any atom is 0.206 e. The normalized spacial score (nSPS) is 48.2. The van der Waals surface area contributed by atoms with Crippen LogP contribution in [0.4, 0.5) is 0 Å². The smallest absolute Gasteiger partial charge is 0.206 e. The van der Waals surface area contributed by atoms with Crippen LogP contribution >= 0.6 is 7.37 Å². The fraction of sp³-hybridized carbons (Fsp3) is 1.00. The molecule has 2 nitrogen and oxygen atoms in total. The van der Waals surface area contributed by atoms with Crippen LogP contribution in [-0.2, 0) is 4.57 Å². The summed E-state index contributed by atoms with van der Waals surface area (Å²) in [5.41, 5.74) is 0. The van der Waals surface area contributed by atoms with Crippen LogP contribution in [0, 0.1) is 5.92 Å². The molecule has 1 heterocycles. The summed E-state index contributed by atoms with van der Waals surface area (Å²) < 4.78 is 11.1. The summed E-state index contributed by atoms with van der Waals surface area (Å²) in [6.45, 7) is 5.75. The molecule has 3 heteroatoms. The second-order valence-electron chi connectivity index (χ2n) is 3.44. The van der Waals surface area contributed by atoms with Gasteiger partial charge in [0.15, 0.2) is 0 Å². The molecule has 0 aromatic carbocycles. The Morgan fingerprint density at radius 3 is 2.11 bits per heavy atom. The first-order valence-electron chi connectivity index (χ1n) is 3.20. The van der Waals surface area contributed by atoms with Gasteiger partial charge in [-0.25, -0.2) is 0 Å². The number of hydrogen-bond donors (Lipinski definition) is 1. The summed E-state index contributed by atoms with van der Waals surface area (Å²) in [7, 11) is -2.73. The van der Waals surface area contributed by atoms with Gasteiger partial charge in [-0.3, -0.25) is 4.57 Å². The Labute approximate surface area is 55.7 Å². The molecule has 0 aliphatic carbocycles. The minimum atomic E-state index is -2.73. The Morgan fingerprint density at radius 1 is 1.67 bits per heavy atom. The van der Waals surface area contributed by atoms with Crippen molar-refractivity contribution in [3.05, 3.63) is 0 Å². The summed E-state index contributed by atoms with van der Waals surface area (Å²) >= 11 is 0. The lowest BCUT2D eigenvalue weighted by Gasteiger charge is -2.46. The van der Waals surface area contributed by atoms with Gasteiger partial charge in [0, 0.05) is 11.3 Å². The zero-order valence-corrected chi connectivity index (χ0v) is 6.98. The average molecular weight is 148 g/mol. The summed E-state index contributed by atoms with van der Waals surface area (Å²) in [4.78, 5) is 9.17. The first-order chi connectivity index (χ1) is 3.88. The average Bonchev–Trinajstić information content (AvgIpc) is 1.65. The van der Waals surface area contributed by atoms with Gasteiger partial charge in [0.05, 0.1) is 0 Å². The van der Waals surface area contributed by atoms with Crippen molar-refractivity contribution in [1.82, 2.24) is 0 Å². The molecule has 1 saturated heterocycles. The number of hydrogen-bond acceptors (Lipinski definition) is 1. The van der Waals surface area contributed by atoms with Crippen LogP contribution in [0.2, 0.25) is 0 Å². The van der Waals surface area contributed by atoms with E-state index in [1.807, 2.05) is 20.8 Å². The highest BCUT2D eigenvalue weighted by molar-refractivity contribution is 7.61. The molecule has 0 aromatic heterocycles. The van der Waals surface area contributed by atoms with Crippen molar-refractivity contribution in [1.29, 1.82) is 0 Å². The molecule has 1 N–H and O–H groups in total. The van der Waals surface area contributed by atoms with Gasteiger partial charge >= 0.3 is 0 Å². The van der Waals surface area contributed by atoms with Crippen molar-refractivity contribution < 1.29 is 9.46 Å². The lowest BCUT2D eigenvalue weighted by Crippen LogP contribution is -2.42. The van der Waals surface area contributed by atoms with Crippen molar-refractivity contribution in [3.63, 3.8) is 0 Å². The zero-order chi connectivity index (χ0) is 7.28. The Hall–Kier alpha value is 0.190. The summed E-state index contributed by atoms with van der Waals surface area (Å²) in [5.74, 6) is 0.410. The van der Waals surface area contributed by atoms with E-state index in [2.05, 4.69) is 0 Å². The molecule has 0 amide bonds. The third-order valence-corrected chi connectivity index (χ3v) is 5.91. The van der Waals surface area contributed by atoms with Gasteiger partial charge in [-0.15, -0.1) is 0 Å². The third-order valence-electron chi connectivity index (χ3n) is 2.63. The maximum absolute atomic E-state index is 11.1. The minimum absolute atomic E-state index is 0.312. The van der Waals surface area contributed by atoms with Crippen LogP contribution in [0.3, 0.4) is 0 Å².